The van der Waals surface area contributed by atoms with Crippen molar-refractivity contribution < 1.29 is 13.2 Å². The number of hydrogen-bond donors (Lipinski definition) is 0. The fourth-order valence-corrected chi connectivity index (χ4v) is 6.38. The molecular formula is C18H21N3O3S2. The number of likely N-dealkylation sites (N-methyl/N-ethyl adjacent to an activating group) is 1. The zero-order valence-electron chi connectivity index (χ0n) is 14.8. The molecule has 0 N–H and O–H groups in total. The summed E-state index contributed by atoms with van der Waals surface area (Å²) in [6.45, 7) is 4.14. The molecule has 4 rings (SSSR count). The summed E-state index contributed by atoms with van der Waals surface area (Å²) >= 11 is 1.32. The van der Waals surface area contributed by atoms with E-state index in [0.29, 0.717) is 36.8 Å². The van der Waals surface area contributed by atoms with Gasteiger partial charge in [-0.1, -0.05) is 0 Å². The van der Waals surface area contributed by atoms with Crippen LogP contribution in [-0.4, -0.2) is 51.9 Å². The monoisotopic (exact) mass is 391 g/mol. The Labute approximate surface area is 157 Å². The largest absolute Gasteiger partial charge is 0.369 e. The van der Waals surface area contributed by atoms with Gasteiger partial charge in [0.25, 0.3) is 10.0 Å². The summed E-state index contributed by atoms with van der Waals surface area (Å²) in [5, 5.41) is 0. The molecule has 2 aliphatic rings. The van der Waals surface area contributed by atoms with Gasteiger partial charge in [0.2, 0.25) is 5.91 Å². The van der Waals surface area contributed by atoms with Crippen molar-refractivity contribution in [3.8, 4) is 0 Å². The Bertz CT molecular complexity index is 960. The van der Waals surface area contributed by atoms with Gasteiger partial charge in [-0.25, -0.2) is 8.42 Å². The number of anilines is 2. The van der Waals surface area contributed by atoms with Crippen molar-refractivity contribution in [3.05, 3.63) is 40.8 Å². The Morgan fingerprint density at radius 1 is 1.04 bits per heavy atom. The third kappa shape index (κ3) is 2.91. The van der Waals surface area contributed by atoms with Crippen LogP contribution in [0.3, 0.4) is 0 Å². The number of benzene rings is 1. The first-order valence-electron chi connectivity index (χ1n) is 8.57. The number of carbonyl (C=O) groups excluding carboxylic acids is 1. The molecule has 2 aromatic rings. The van der Waals surface area contributed by atoms with Crippen LogP contribution in [0.2, 0.25) is 0 Å². The highest BCUT2D eigenvalue weighted by Crippen LogP contribution is 2.32. The molecule has 0 bridgehead atoms. The highest BCUT2D eigenvalue weighted by atomic mass is 32.2. The van der Waals surface area contributed by atoms with E-state index in [1.807, 2.05) is 25.1 Å². The van der Waals surface area contributed by atoms with Gasteiger partial charge in [-0.05, 0) is 42.8 Å². The molecule has 0 spiro atoms. The molecule has 8 heteroatoms. The number of fused-ring (bicyclic) bond motifs is 1. The van der Waals surface area contributed by atoms with E-state index in [2.05, 4.69) is 11.0 Å². The van der Waals surface area contributed by atoms with Crippen LogP contribution in [0.1, 0.15) is 10.4 Å². The average Bonchev–Trinajstić information content (AvgIpc) is 3.19. The minimum Gasteiger partial charge on any atom is -0.369 e. The zero-order valence-corrected chi connectivity index (χ0v) is 16.4. The van der Waals surface area contributed by atoms with Crippen LogP contribution >= 0.6 is 11.3 Å². The number of nitrogens with zero attached hydrogens (tertiary/aromatic N) is 3. The number of carbonyl (C=O) groups is 1. The lowest BCUT2D eigenvalue weighted by Gasteiger charge is -2.35. The van der Waals surface area contributed by atoms with Gasteiger partial charge in [0.05, 0.1) is 6.42 Å². The Kier molecular flexibility index (Phi) is 4.29. The van der Waals surface area contributed by atoms with Gasteiger partial charge < -0.3 is 9.80 Å². The summed E-state index contributed by atoms with van der Waals surface area (Å²) in [6.07, 6.45) is 0.436. The molecule has 6 nitrogen and oxygen atoms in total. The molecule has 138 valence electrons. The number of piperazine rings is 1. The fourth-order valence-electron chi connectivity index (χ4n) is 3.52. The lowest BCUT2D eigenvalue weighted by atomic mass is 10.1. The minimum absolute atomic E-state index is 0.110. The molecule has 1 aromatic carbocycles. The molecule has 1 saturated heterocycles. The van der Waals surface area contributed by atoms with E-state index >= 15 is 0 Å². The molecule has 3 heterocycles. The van der Waals surface area contributed by atoms with Crippen LogP contribution in [0, 0.1) is 6.92 Å². The molecule has 1 amide bonds. The van der Waals surface area contributed by atoms with E-state index in [-0.39, 0.29) is 5.91 Å². The number of rotatable bonds is 3. The first-order chi connectivity index (χ1) is 12.4. The molecule has 0 atom stereocenters. The maximum atomic E-state index is 12.7. The van der Waals surface area contributed by atoms with E-state index in [9.17, 15) is 13.2 Å². The Morgan fingerprint density at radius 2 is 1.77 bits per heavy atom. The van der Waals surface area contributed by atoms with E-state index in [4.69, 9.17) is 0 Å². The van der Waals surface area contributed by atoms with Crippen LogP contribution in [0.25, 0.3) is 0 Å². The first kappa shape index (κ1) is 17.5. The maximum absolute atomic E-state index is 12.7. The highest BCUT2D eigenvalue weighted by Gasteiger charge is 2.30. The third-order valence-corrected chi connectivity index (χ3v) is 8.42. The van der Waals surface area contributed by atoms with E-state index in [1.165, 1.54) is 11.3 Å². The molecule has 0 saturated carbocycles. The molecule has 1 fully saturated rings. The Hall–Kier alpha value is -1.90. The SMILES string of the molecule is Cc1ccc(S(=O)(=O)N2CCN(c3ccc4c(c3)CC(=O)N4C)CC2)s1. The standard InChI is InChI=1S/C18H21N3O3S2/c1-13-3-6-18(25-13)26(23,24)21-9-7-20(8-10-21)15-4-5-16-14(11-15)12-17(22)19(16)2/h3-6,11H,7-10,12H2,1-2H3. The second kappa shape index (κ2) is 6.37. The highest BCUT2D eigenvalue weighted by molar-refractivity contribution is 7.91. The number of sulfonamides is 1. The van der Waals surface area contributed by atoms with Crippen molar-refractivity contribution in [2.75, 3.05) is 43.0 Å². The molecule has 0 aliphatic carbocycles. The second-order valence-corrected chi connectivity index (χ2v) is 10.2. The fraction of sp³-hybridized carbons (Fsp3) is 0.389. The predicted octanol–water partition coefficient (Wildman–Crippen LogP) is 2.09. The molecule has 2 aliphatic heterocycles. The van der Waals surface area contributed by atoms with Crippen LogP contribution in [0.15, 0.2) is 34.5 Å². The smallest absolute Gasteiger partial charge is 0.252 e. The van der Waals surface area contributed by atoms with Crippen LogP contribution < -0.4 is 9.80 Å². The topological polar surface area (TPSA) is 60.9 Å². The predicted molar refractivity (Wildman–Crippen MR) is 104 cm³/mol. The van der Waals surface area contributed by atoms with Gasteiger partial charge in [-0.2, -0.15) is 4.31 Å². The lowest BCUT2D eigenvalue weighted by molar-refractivity contribution is -0.117. The second-order valence-electron chi connectivity index (χ2n) is 6.70. The summed E-state index contributed by atoms with van der Waals surface area (Å²) in [7, 11) is -1.60. The summed E-state index contributed by atoms with van der Waals surface area (Å²) in [5.41, 5.74) is 3.06. The zero-order chi connectivity index (χ0) is 18.5. The van der Waals surface area contributed by atoms with Gasteiger partial charge in [0, 0.05) is 49.5 Å². The van der Waals surface area contributed by atoms with E-state index < -0.39 is 10.0 Å². The molecule has 0 unspecified atom stereocenters. The number of aryl methyl sites for hydroxylation is 1. The van der Waals surface area contributed by atoms with Crippen LogP contribution in [0.5, 0.6) is 0 Å². The lowest BCUT2D eigenvalue weighted by Crippen LogP contribution is -2.48. The van der Waals surface area contributed by atoms with Crippen LogP contribution in [-0.2, 0) is 21.2 Å². The van der Waals surface area contributed by atoms with Gasteiger partial charge in [-0.3, -0.25) is 4.79 Å². The summed E-state index contributed by atoms with van der Waals surface area (Å²) < 4.78 is 27.5. The van der Waals surface area contributed by atoms with Gasteiger partial charge in [-0.15, -0.1) is 11.3 Å². The molecule has 0 radical (unpaired) electrons. The van der Waals surface area contributed by atoms with Crippen molar-refractivity contribution in [3.63, 3.8) is 0 Å². The van der Waals surface area contributed by atoms with E-state index in [0.717, 1.165) is 21.8 Å². The summed E-state index contributed by atoms with van der Waals surface area (Å²) in [4.78, 5) is 16.7. The van der Waals surface area contributed by atoms with E-state index in [1.54, 1.807) is 22.3 Å². The third-order valence-electron chi connectivity index (χ3n) is 5.05. The number of amides is 1. The molecule has 26 heavy (non-hydrogen) atoms. The minimum atomic E-state index is -3.40. The Balaban J connectivity index is 1.48. The van der Waals surface area contributed by atoms with Crippen molar-refractivity contribution in [1.82, 2.24) is 4.31 Å². The van der Waals surface area contributed by atoms with Crippen molar-refractivity contribution >= 4 is 38.6 Å². The number of hydrogen-bond acceptors (Lipinski definition) is 5. The van der Waals surface area contributed by atoms with Crippen LogP contribution in [0.4, 0.5) is 11.4 Å². The first-order valence-corrected chi connectivity index (χ1v) is 10.8. The molecular weight excluding hydrogens is 370 g/mol. The number of thiophene rings is 1. The maximum Gasteiger partial charge on any atom is 0.252 e. The summed E-state index contributed by atoms with van der Waals surface area (Å²) in [6, 6.07) is 9.59. The normalized spacial score (nSPS) is 18.5. The van der Waals surface area contributed by atoms with Crippen molar-refractivity contribution in [1.29, 1.82) is 0 Å². The van der Waals surface area contributed by atoms with Crippen molar-refractivity contribution in [2.24, 2.45) is 0 Å². The van der Waals surface area contributed by atoms with Gasteiger partial charge in [0.15, 0.2) is 0 Å². The van der Waals surface area contributed by atoms with Crippen molar-refractivity contribution in [2.45, 2.75) is 17.6 Å². The van der Waals surface area contributed by atoms with Gasteiger partial charge >= 0.3 is 0 Å². The molecule has 1 aromatic heterocycles. The quantitative estimate of drug-likeness (QED) is 0.804. The van der Waals surface area contributed by atoms with Gasteiger partial charge in [0.1, 0.15) is 4.21 Å². The average molecular weight is 392 g/mol. The summed E-state index contributed by atoms with van der Waals surface area (Å²) in [5.74, 6) is 0.110. The Morgan fingerprint density at radius 3 is 2.42 bits per heavy atom.